The van der Waals surface area contributed by atoms with Crippen LogP contribution < -0.4 is 15.1 Å². The molecule has 0 aliphatic carbocycles. The van der Waals surface area contributed by atoms with E-state index in [1.165, 1.54) is 17.6 Å². The van der Waals surface area contributed by atoms with Crippen molar-refractivity contribution in [2.24, 2.45) is 0 Å². The molecular weight excluding hydrogens is 344 g/mol. The molecule has 1 heterocycles. The molecule has 2 N–H and O–H groups in total. The highest BCUT2D eigenvalue weighted by atomic mass is 35.5. The van der Waals surface area contributed by atoms with Crippen LogP contribution in [0.5, 0.6) is 5.75 Å². The molecule has 0 aromatic heterocycles. The normalized spacial score (nSPS) is 13.5. The van der Waals surface area contributed by atoms with Crippen molar-refractivity contribution >= 4 is 35.2 Å². The summed E-state index contributed by atoms with van der Waals surface area (Å²) in [7, 11) is 0. The van der Waals surface area contributed by atoms with Crippen LogP contribution >= 0.6 is 11.6 Å². The molecule has 6 nitrogen and oxygen atoms in total. The number of amides is 2. The Bertz CT molecular complexity index is 833. The smallest absolute Gasteiger partial charge is 0.267 e. The van der Waals surface area contributed by atoms with Gasteiger partial charge in [-0.1, -0.05) is 29.8 Å². The summed E-state index contributed by atoms with van der Waals surface area (Å²) in [5.74, 6) is -0.197. The number of nitrogens with zero attached hydrogens (tertiary/aromatic N) is 1. The maximum absolute atomic E-state index is 12.3. The van der Waals surface area contributed by atoms with Crippen LogP contribution in [0.25, 0.3) is 6.08 Å². The van der Waals surface area contributed by atoms with Crippen LogP contribution in [0.4, 0.5) is 5.69 Å². The third kappa shape index (κ3) is 3.99. The van der Waals surface area contributed by atoms with Crippen LogP contribution in [-0.4, -0.2) is 23.6 Å². The predicted molar refractivity (Wildman–Crippen MR) is 93.5 cm³/mol. The largest absolute Gasteiger partial charge is 0.482 e. The number of carbonyl (C=O) groups excluding carboxylic acids is 2. The van der Waals surface area contributed by atoms with Crippen molar-refractivity contribution in [3.8, 4) is 5.75 Å². The Balaban J connectivity index is 1.90. The first kappa shape index (κ1) is 17.0. The topological polar surface area (TPSA) is 78.9 Å². The van der Waals surface area contributed by atoms with Crippen LogP contribution in [0.2, 0.25) is 5.02 Å². The second-order valence-corrected chi connectivity index (χ2v) is 5.87. The first-order chi connectivity index (χ1) is 12.1. The molecular formula is C18H15ClN2O4. The van der Waals surface area contributed by atoms with E-state index in [1.54, 1.807) is 35.2 Å². The van der Waals surface area contributed by atoms with Crippen molar-refractivity contribution in [2.45, 2.75) is 6.54 Å². The highest BCUT2D eigenvalue weighted by Gasteiger charge is 2.25. The summed E-state index contributed by atoms with van der Waals surface area (Å²) in [6.45, 7) is 0.360. The van der Waals surface area contributed by atoms with Crippen molar-refractivity contribution < 1.29 is 19.5 Å². The van der Waals surface area contributed by atoms with Crippen molar-refractivity contribution in [3.05, 3.63) is 64.7 Å². The Morgan fingerprint density at radius 3 is 2.76 bits per heavy atom. The Hall–Kier alpha value is -2.83. The molecule has 2 amide bonds. The lowest BCUT2D eigenvalue weighted by atomic mass is 10.1. The third-order valence-electron chi connectivity index (χ3n) is 3.72. The highest BCUT2D eigenvalue weighted by molar-refractivity contribution is 6.30. The summed E-state index contributed by atoms with van der Waals surface area (Å²) in [5, 5.41) is 9.16. The molecule has 2 aromatic rings. The van der Waals surface area contributed by atoms with Crippen molar-refractivity contribution in [2.75, 3.05) is 11.5 Å². The van der Waals surface area contributed by atoms with Gasteiger partial charge in [-0.15, -0.1) is 0 Å². The number of hydroxylamine groups is 1. The lowest BCUT2D eigenvalue weighted by molar-refractivity contribution is -0.124. The zero-order chi connectivity index (χ0) is 17.8. The number of fused-ring (bicyclic) bond motifs is 1. The van der Waals surface area contributed by atoms with Crippen LogP contribution in [-0.2, 0) is 16.1 Å². The Morgan fingerprint density at radius 1 is 1.28 bits per heavy atom. The first-order valence-corrected chi connectivity index (χ1v) is 7.88. The van der Waals surface area contributed by atoms with Gasteiger partial charge in [0.1, 0.15) is 5.75 Å². The summed E-state index contributed by atoms with van der Waals surface area (Å²) in [6, 6.07) is 12.5. The molecule has 0 spiro atoms. The minimum absolute atomic E-state index is 0.0251. The molecule has 0 fully saturated rings. The SMILES string of the molecule is O=C(/C=C/c1ccc2c(c1)N(Cc1ccc(Cl)cc1)C(=O)CO2)NO. The van der Waals surface area contributed by atoms with Gasteiger partial charge >= 0.3 is 0 Å². The highest BCUT2D eigenvalue weighted by Crippen LogP contribution is 2.34. The number of nitrogens with one attached hydrogen (secondary N) is 1. The fourth-order valence-electron chi connectivity index (χ4n) is 2.48. The minimum atomic E-state index is -0.636. The lowest BCUT2D eigenvalue weighted by Gasteiger charge is -2.29. The third-order valence-corrected chi connectivity index (χ3v) is 3.97. The average molecular weight is 359 g/mol. The van der Waals surface area contributed by atoms with Gasteiger partial charge in [0.2, 0.25) is 0 Å². The van der Waals surface area contributed by atoms with Gasteiger partial charge in [-0.25, -0.2) is 5.48 Å². The number of rotatable bonds is 4. The van der Waals surface area contributed by atoms with Gasteiger partial charge < -0.3 is 9.64 Å². The molecule has 0 radical (unpaired) electrons. The average Bonchev–Trinajstić information content (AvgIpc) is 2.63. The van der Waals surface area contributed by atoms with E-state index >= 15 is 0 Å². The molecule has 0 atom stereocenters. The van der Waals surface area contributed by atoms with E-state index in [9.17, 15) is 9.59 Å². The van der Waals surface area contributed by atoms with E-state index < -0.39 is 5.91 Å². The Kier molecular flexibility index (Phi) is 5.02. The second-order valence-electron chi connectivity index (χ2n) is 5.43. The number of hydrogen-bond donors (Lipinski definition) is 2. The summed E-state index contributed by atoms with van der Waals surface area (Å²) < 4.78 is 5.47. The van der Waals surface area contributed by atoms with Gasteiger partial charge in [0.25, 0.3) is 11.8 Å². The summed E-state index contributed by atoms with van der Waals surface area (Å²) >= 11 is 5.90. The summed E-state index contributed by atoms with van der Waals surface area (Å²) in [4.78, 5) is 25.1. The van der Waals surface area contributed by atoms with Gasteiger partial charge in [-0.05, 0) is 41.5 Å². The number of anilines is 1. The van der Waals surface area contributed by atoms with Crippen LogP contribution in [0.15, 0.2) is 48.5 Å². The molecule has 3 rings (SSSR count). The minimum Gasteiger partial charge on any atom is -0.482 e. The maximum Gasteiger partial charge on any atom is 0.267 e. The molecule has 128 valence electrons. The number of benzene rings is 2. The molecule has 0 bridgehead atoms. The van der Waals surface area contributed by atoms with E-state index in [4.69, 9.17) is 21.5 Å². The van der Waals surface area contributed by atoms with E-state index in [-0.39, 0.29) is 12.5 Å². The van der Waals surface area contributed by atoms with Crippen LogP contribution in [0.1, 0.15) is 11.1 Å². The summed E-state index contributed by atoms with van der Waals surface area (Å²) in [5.41, 5.74) is 3.78. The molecule has 0 unspecified atom stereocenters. The molecule has 0 saturated heterocycles. The number of hydrogen-bond acceptors (Lipinski definition) is 4. The number of ether oxygens (including phenoxy) is 1. The number of halogens is 1. The van der Waals surface area contributed by atoms with E-state index in [0.717, 1.165) is 5.56 Å². The Labute approximate surface area is 149 Å². The van der Waals surface area contributed by atoms with E-state index in [2.05, 4.69) is 0 Å². The van der Waals surface area contributed by atoms with Gasteiger partial charge in [0.05, 0.1) is 12.2 Å². The van der Waals surface area contributed by atoms with E-state index in [0.29, 0.717) is 28.6 Å². The van der Waals surface area contributed by atoms with Gasteiger partial charge in [-0.2, -0.15) is 0 Å². The van der Waals surface area contributed by atoms with E-state index in [1.807, 2.05) is 12.1 Å². The fourth-order valence-corrected chi connectivity index (χ4v) is 2.60. The quantitative estimate of drug-likeness (QED) is 0.500. The van der Waals surface area contributed by atoms with Gasteiger partial charge in [-0.3, -0.25) is 14.8 Å². The van der Waals surface area contributed by atoms with Crippen LogP contribution in [0, 0.1) is 0 Å². The first-order valence-electron chi connectivity index (χ1n) is 7.50. The molecule has 1 aliphatic heterocycles. The van der Waals surface area contributed by atoms with Gasteiger partial charge in [0.15, 0.2) is 6.61 Å². The Morgan fingerprint density at radius 2 is 2.04 bits per heavy atom. The van der Waals surface area contributed by atoms with Crippen molar-refractivity contribution in [1.82, 2.24) is 5.48 Å². The summed E-state index contributed by atoms with van der Waals surface area (Å²) in [6.07, 6.45) is 2.72. The van der Waals surface area contributed by atoms with Gasteiger partial charge in [0, 0.05) is 11.1 Å². The molecule has 7 heteroatoms. The van der Waals surface area contributed by atoms with Crippen molar-refractivity contribution in [1.29, 1.82) is 0 Å². The lowest BCUT2D eigenvalue weighted by Crippen LogP contribution is -2.38. The maximum atomic E-state index is 12.3. The number of carbonyl (C=O) groups is 2. The standard InChI is InChI=1S/C18H15ClN2O4/c19-14-5-1-13(2-6-14)10-21-15-9-12(4-8-17(22)20-24)3-7-16(15)25-11-18(21)23/h1-9,24H,10-11H2,(H,20,22)/b8-4+. The fraction of sp³-hybridized carbons (Fsp3) is 0.111. The molecule has 0 saturated carbocycles. The predicted octanol–water partition coefficient (Wildman–Crippen LogP) is 2.78. The molecule has 25 heavy (non-hydrogen) atoms. The van der Waals surface area contributed by atoms with Crippen molar-refractivity contribution in [3.63, 3.8) is 0 Å². The monoisotopic (exact) mass is 358 g/mol. The zero-order valence-electron chi connectivity index (χ0n) is 13.1. The zero-order valence-corrected chi connectivity index (χ0v) is 13.9. The molecule has 1 aliphatic rings. The molecule has 2 aromatic carbocycles. The van der Waals surface area contributed by atoms with Crippen LogP contribution in [0.3, 0.4) is 0 Å². The second kappa shape index (κ2) is 7.38.